The van der Waals surface area contributed by atoms with E-state index in [-0.39, 0.29) is 24.1 Å². The summed E-state index contributed by atoms with van der Waals surface area (Å²) >= 11 is 0. The Kier molecular flexibility index (Phi) is 3.85. The Morgan fingerprint density at radius 1 is 1.10 bits per heavy atom. The SMILES string of the molecule is O=C(O)[C@@H]1[C@H](C(=O)N2CCc3c([nH]c4ccccc34)C2C(F)(F)F)[C@@H]2C=C[C@H]1C2. The predicted molar refractivity (Wildman–Crippen MR) is 97.9 cm³/mol. The van der Waals surface area contributed by atoms with Crippen LogP contribution in [0.2, 0.25) is 0 Å². The molecule has 0 saturated heterocycles. The number of hydrogen-bond donors (Lipinski definition) is 2. The number of benzene rings is 1. The molecule has 1 saturated carbocycles. The largest absolute Gasteiger partial charge is 0.481 e. The van der Waals surface area contributed by atoms with Crippen LogP contribution >= 0.6 is 0 Å². The topological polar surface area (TPSA) is 73.4 Å². The number of nitrogens with one attached hydrogen (secondary N) is 1. The van der Waals surface area contributed by atoms with Crippen LogP contribution in [0.5, 0.6) is 0 Å². The number of aliphatic carboxylic acids is 1. The van der Waals surface area contributed by atoms with Gasteiger partial charge in [0, 0.05) is 17.4 Å². The third kappa shape index (κ3) is 2.61. The van der Waals surface area contributed by atoms with Crippen LogP contribution in [0.15, 0.2) is 36.4 Å². The number of carboxylic acid groups (broad SMARTS) is 1. The van der Waals surface area contributed by atoms with Crippen molar-refractivity contribution in [3.8, 4) is 0 Å². The van der Waals surface area contributed by atoms with E-state index in [0.717, 1.165) is 10.3 Å². The molecule has 152 valence electrons. The van der Waals surface area contributed by atoms with Crippen molar-refractivity contribution < 1.29 is 27.9 Å². The molecule has 1 aromatic heterocycles. The summed E-state index contributed by atoms with van der Waals surface area (Å²) in [5.74, 6) is -4.34. The van der Waals surface area contributed by atoms with Crippen molar-refractivity contribution >= 4 is 22.8 Å². The van der Waals surface area contributed by atoms with Gasteiger partial charge in [-0.2, -0.15) is 13.2 Å². The number of carboxylic acids is 1. The van der Waals surface area contributed by atoms with Crippen molar-refractivity contribution in [3.05, 3.63) is 47.7 Å². The van der Waals surface area contributed by atoms with Crippen molar-refractivity contribution in [2.45, 2.75) is 25.1 Å². The van der Waals surface area contributed by atoms with Crippen LogP contribution in [0.3, 0.4) is 0 Å². The normalized spacial score (nSPS) is 30.7. The molecule has 29 heavy (non-hydrogen) atoms. The number of carbonyl (C=O) groups is 2. The number of hydrogen-bond acceptors (Lipinski definition) is 2. The second kappa shape index (κ2) is 6.11. The van der Waals surface area contributed by atoms with E-state index in [9.17, 15) is 27.9 Å². The maximum absolute atomic E-state index is 14.1. The summed E-state index contributed by atoms with van der Waals surface area (Å²) in [7, 11) is 0. The van der Waals surface area contributed by atoms with Crippen molar-refractivity contribution in [2.75, 3.05) is 6.54 Å². The smallest absolute Gasteiger partial charge is 0.414 e. The number of alkyl halides is 3. The molecular formula is C21H19F3N2O3. The highest BCUT2D eigenvalue weighted by Gasteiger charge is 2.57. The number of para-hydroxylation sites is 1. The van der Waals surface area contributed by atoms with E-state index < -0.39 is 35.9 Å². The highest BCUT2D eigenvalue weighted by atomic mass is 19.4. The van der Waals surface area contributed by atoms with Gasteiger partial charge in [-0.3, -0.25) is 9.59 Å². The molecular weight excluding hydrogens is 385 g/mol. The maximum atomic E-state index is 14.1. The molecule has 1 fully saturated rings. The number of aromatic nitrogens is 1. The zero-order valence-electron chi connectivity index (χ0n) is 15.3. The first-order valence-electron chi connectivity index (χ1n) is 9.65. The highest BCUT2D eigenvalue weighted by Crippen LogP contribution is 2.51. The Morgan fingerprint density at radius 3 is 2.48 bits per heavy atom. The van der Waals surface area contributed by atoms with Crippen LogP contribution in [0.25, 0.3) is 10.9 Å². The van der Waals surface area contributed by atoms with Gasteiger partial charge in [0.1, 0.15) is 0 Å². The third-order valence-corrected chi connectivity index (χ3v) is 6.66. The fourth-order valence-electron chi connectivity index (χ4n) is 5.51. The van der Waals surface area contributed by atoms with Crippen LogP contribution < -0.4 is 0 Å². The lowest BCUT2D eigenvalue weighted by Crippen LogP contribution is -2.51. The predicted octanol–water partition coefficient (Wildman–Crippen LogP) is 3.68. The third-order valence-electron chi connectivity index (χ3n) is 6.66. The van der Waals surface area contributed by atoms with E-state index in [4.69, 9.17) is 0 Å². The summed E-state index contributed by atoms with van der Waals surface area (Å²) in [6.45, 7) is -0.0815. The van der Waals surface area contributed by atoms with Gasteiger partial charge in [-0.05, 0) is 36.3 Å². The van der Waals surface area contributed by atoms with Gasteiger partial charge >= 0.3 is 12.1 Å². The standard InChI is InChI=1S/C21H19F3N2O3/c22-21(23,24)18-17-13(12-3-1-2-4-14(12)25-17)7-8-26(18)19(27)15-10-5-6-11(9-10)16(15)20(28)29/h1-6,10-11,15-16,18,25H,7-9H2,(H,28,29)/t10-,11+,15-,16+,18?/m1/s1. The number of aromatic amines is 1. The quantitative estimate of drug-likeness (QED) is 0.750. The number of fused-ring (bicyclic) bond motifs is 5. The van der Waals surface area contributed by atoms with Gasteiger partial charge in [0.2, 0.25) is 5.91 Å². The fourth-order valence-corrected chi connectivity index (χ4v) is 5.51. The minimum atomic E-state index is -4.67. The summed E-state index contributed by atoms with van der Waals surface area (Å²) < 4.78 is 42.4. The van der Waals surface area contributed by atoms with Gasteiger partial charge in [-0.25, -0.2) is 0 Å². The van der Waals surface area contributed by atoms with Crippen molar-refractivity contribution in [2.24, 2.45) is 23.7 Å². The first kappa shape index (κ1) is 18.3. The summed E-state index contributed by atoms with van der Waals surface area (Å²) in [5, 5.41) is 10.3. The monoisotopic (exact) mass is 404 g/mol. The zero-order valence-corrected chi connectivity index (χ0v) is 15.3. The molecule has 3 aliphatic rings. The van der Waals surface area contributed by atoms with E-state index in [1.807, 2.05) is 0 Å². The number of allylic oxidation sites excluding steroid dienone is 2. The number of H-pyrrole nitrogens is 1. The van der Waals surface area contributed by atoms with Gasteiger partial charge in [0.25, 0.3) is 0 Å². The number of rotatable bonds is 2. The van der Waals surface area contributed by atoms with E-state index in [1.54, 1.807) is 36.4 Å². The van der Waals surface area contributed by atoms with Crippen LogP contribution in [0, 0.1) is 23.7 Å². The van der Waals surface area contributed by atoms with Crippen LogP contribution in [-0.2, 0) is 16.0 Å². The van der Waals surface area contributed by atoms with Crippen molar-refractivity contribution in [1.82, 2.24) is 9.88 Å². The molecule has 0 radical (unpaired) electrons. The fraction of sp³-hybridized carbons (Fsp3) is 0.429. The van der Waals surface area contributed by atoms with Crippen molar-refractivity contribution in [1.29, 1.82) is 0 Å². The number of nitrogens with zero attached hydrogens (tertiary/aromatic N) is 1. The lowest BCUT2D eigenvalue weighted by atomic mass is 9.81. The Balaban J connectivity index is 1.57. The van der Waals surface area contributed by atoms with Crippen LogP contribution in [-0.4, -0.2) is 39.6 Å². The van der Waals surface area contributed by atoms with Crippen LogP contribution in [0.1, 0.15) is 23.7 Å². The van der Waals surface area contributed by atoms with Gasteiger partial charge in [0.15, 0.2) is 6.04 Å². The summed E-state index contributed by atoms with van der Waals surface area (Å²) in [6.07, 6.45) is -0.298. The molecule has 0 spiro atoms. The molecule has 2 heterocycles. The van der Waals surface area contributed by atoms with Crippen LogP contribution in [0.4, 0.5) is 13.2 Å². The molecule has 2 bridgehead atoms. The van der Waals surface area contributed by atoms with E-state index in [0.29, 0.717) is 23.9 Å². The highest BCUT2D eigenvalue weighted by molar-refractivity contribution is 5.89. The summed E-state index contributed by atoms with van der Waals surface area (Å²) in [4.78, 5) is 28.8. The average Bonchev–Trinajstić information content (AvgIpc) is 3.37. The first-order chi connectivity index (χ1) is 13.8. The first-order valence-corrected chi connectivity index (χ1v) is 9.65. The summed E-state index contributed by atoms with van der Waals surface area (Å²) in [5.41, 5.74) is 1.17. The molecule has 1 amide bonds. The second-order valence-electron chi connectivity index (χ2n) is 8.13. The van der Waals surface area contributed by atoms with E-state index in [2.05, 4.69) is 4.98 Å². The minimum Gasteiger partial charge on any atom is -0.481 e. The number of amides is 1. The lowest BCUT2D eigenvalue weighted by molar-refractivity contribution is -0.197. The summed E-state index contributed by atoms with van der Waals surface area (Å²) in [6, 6.07) is 4.92. The number of halogens is 3. The Morgan fingerprint density at radius 2 is 1.79 bits per heavy atom. The molecule has 2 N–H and O–H groups in total. The molecule has 1 aliphatic heterocycles. The van der Waals surface area contributed by atoms with Gasteiger partial charge in [-0.1, -0.05) is 30.4 Å². The van der Waals surface area contributed by atoms with Gasteiger partial charge < -0.3 is 15.0 Å². The average molecular weight is 404 g/mol. The van der Waals surface area contributed by atoms with Crippen molar-refractivity contribution in [3.63, 3.8) is 0 Å². The molecule has 1 unspecified atom stereocenters. The maximum Gasteiger partial charge on any atom is 0.414 e. The molecule has 5 atom stereocenters. The molecule has 2 aromatic rings. The Hall–Kier alpha value is -2.77. The van der Waals surface area contributed by atoms with Gasteiger partial charge in [-0.15, -0.1) is 0 Å². The minimum absolute atomic E-state index is 0.0103. The molecule has 2 aliphatic carbocycles. The molecule has 8 heteroatoms. The molecule has 1 aromatic carbocycles. The Bertz CT molecular complexity index is 1040. The Labute approximate surface area is 164 Å². The zero-order chi connectivity index (χ0) is 20.5. The van der Waals surface area contributed by atoms with E-state index in [1.165, 1.54) is 0 Å². The lowest BCUT2D eigenvalue weighted by Gasteiger charge is -2.39. The van der Waals surface area contributed by atoms with Gasteiger partial charge in [0.05, 0.1) is 17.5 Å². The van der Waals surface area contributed by atoms with E-state index >= 15 is 0 Å². The number of carbonyl (C=O) groups excluding carboxylic acids is 1. The molecule has 5 nitrogen and oxygen atoms in total. The second-order valence-corrected chi connectivity index (χ2v) is 8.13. The molecule has 5 rings (SSSR count).